The summed E-state index contributed by atoms with van der Waals surface area (Å²) in [5, 5.41) is 11.5. The molecule has 2 N–H and O–H groups in total. The van der Waals surface area contributed by atoms with Gasteiger partial charge in [-0.3, -0.25) is 9.59 Å². The third kappa shape index (κ3) is 3.84. The van der Waals surface area contributed by atoms with Crippen LogP contribution in [0.5, 0.6) is 0 Å². The molecular formula is C13H19NO3S. The number of nitrogens with one attached hydrogen (secondary N) is 1. The van der Waals surface area contributed by atoms with Crippen molar-refractivity contribution in [1.82, 2.24) is 5.32 Å². The molecule has 0 spiro atoms. The van der Waals surface area contributed by atoms with Crippen LogP contribution in [-0.4, -0.2) is 23.5 Å². The van der Waals surface area contributed by atoms with Gasteiger partial charge in [-0.1, -0.05) is 13.8 Å². The summed E-state index contributed by atoms with van der Waals surface area (Å²) in [5.74, 6) is -1.37. The molecule has 1 atom stereocenters. The monoisotopic (exact) mass is 269 g/mol. The zero-order valence-electron chi connectivity index (χ0n) is 10.9. The lowest BCUT2D eigenvalue weighted by Gasteiger charge is -2.06. The van der Waals surface area contributed by atoms with Crippen molar-refractivity contribution in [2.75, 3.05) is 6.54 Å². The van der Waals surface area contributed by atoms with Gasteiger partial charge in [0.25, 0.3) is 5.91 Å². The molecule has 0 bridgehead atoms. The van der Waals surface area contributed by atoms with Crippen molar-refractivity contribution in [1.29, 1.82) is 0 Å². The van der Waals surface area contributed by atoms with E-state index < -0.39 is 11.9 Å². The second kappa shape index (κ2) is 6.54. The number of aryl methyl sites for hydroxylation is 2. The summed E-state index contributed by atoms with van der Waals surface area (Å²) in [4.78, 5) is 24.3. The molecule has 0 aliphatic heterocycles. The van der Waals surface area contributed by atoms with Gasteiger partial charge in [-0.15, -0.1) is 11.3 Å². The van der Waals surface area contributed by atoms with Gasteiger partial charge in [0, 0.05) is 11.4 Å². The third-order valence-corrected chi connectivity index (χ3v) is 4.00. The lowest BCUT2D eigenvalue weighted by atomic mass is 10.1. The SMILES string of the molecule is CCc1cc(C(=O)NCCC(C)C(=O)O)sc1C. The highest BCUT2D eigenvalue weighted by Gasteiger charge is 2.13. The van der Waals surface area contributed by atoms with Gasteiger partial charge >= 0.3 is 5.97 Å². The summed E-state index contributed by atoms with van der Waals surface area (Å²) < 4.78 is 0. The third-order valence-electron chi connectivity index (χ3n) is 2.91. The molecule has 0 aliphatic rings. The van der Waals surface area contributed by atoms with Crippen LogP contribution in [0.15, 0.2) is 6.07 Å². The van der Waals surface area contributed by atoms with Crippen LogP contribution < -0.4 is 5.32 Å². The number of carboxylic acids is 1. The number of rotatable bonds is 6. The number of carbonyl (C=O) groups excluding carboxylic acids is 1. The Bertz CT molecular complexity index is 439. The molecule has 1 heterocycles. The molecule has 0 aliphatic carbocycles. The molecule has 1 rings (SSSR count). The van der Waals surface area contributed by atoms with Crippen LogP contribution in [0.4, 0.5) is 0 Å². The molecule has 4 nitrogen and oxygen atoms in total. The molecule has 1 aromatic rings. The van der Waals surface area contributed by atoms with Crippen LogP contribution >= 0.6 is 11.3 Å². The van der Waals surface area contributed by atoms with Gasteiger partial charge in [0.1, 0.15) is 0 Å². The van der Waals surface area contributed by atoms with E-state index in [9.17, 15) is 9.59 Å². The van der Waals surface area contributed by atoms with Crippen LogP contribution in [0, 0.1) is 12.8 Å². The van der Waals surface area contributed by atoms with Crippen molar-refractivity contribution >= 4 is 23.2 Å². The average Bonchev–Trinajstić information content (AvgIpc) is 2.70. The first-order chi connectivity index (χ1) is 8.45. The summed E-state index contributed by atoms with van der Waals surface area (Å²) in [6, 6.07) is 1.91. The maximum atomic E-state index is 11.8. The van der Waals surface area contributed by atoms with Crippen LogP contribution in [0.2, 0.25) is 0 Å². The summed E-state index contributed by atoms with van der Waals surface area (Å²) >= 11 is 1.48. The van der Waals surface area contributed by atoms with E-state index in [0.29, 0.717) is 17.8 Å². The van der Waals surface area contributed by atoms with Gasteiger partial charge < -0.3 is 10.4 Å². The van der Waals surface area contributed by atoms with Gasteiger partial charge in [0.15, 0.2) is 0 Å². The molecule has 0 saturated carbocycles. The smallest absolute Gasteiger partial charge is 0.306 e. The van der Waals surface area contributed by atoms with E-state index in [-0.39, 0.29) is 5.91 Å². The minimum atomic E-state index is -0.829. The number of aliphatic carboxylic acids is 1. The van der Waals surface area contributed by atoms with Gasteiger partial charge in [-0.05, 0) is 31.4 Å². The topological polar surface area (TPSA) is 66.4 Å². The Labute approximate surface area is 111 Å². The number of hydrogen-bond acceptors (Lipinski definition) is 3. The highest BCUT2D eigenvalue weighted by molar-refractivity contribution is 7.14. The molecule has 1 aromatic heterocycles. The number of hydrogen-bond donors (Lipinski definition) is 2. The Balaban J connectivity index is 2.48. The summed E-state index contributed by atoms with van der Waals surface area (Å²) in [7, 11) is 0. The zero-order chi connectivity index (χ0) is 13.7. The van der Waals surface area contributed by atoms with Gasteiger partial charge in [0.05, 0.1) is 10.8 Å². The minimum Gasteiger partial charge on any atom is -0.481 e. The second-order valence-corrected chi connectivity index (χ2v) is 5.59. The normalized spacial score (nSPS) is 12.2. The molecular weight excluding hydrogens is 250 g/mol. The molecule has 0 fully saturated rings. The van der Waals surface area contributed by atoms with E-state index in [1.54, 1.807) is 6.92 Å². The van der Waals surface area contributed by atoms with E-state index >= 15 is 0 Å². The van der Waals surface area contributed by atoms with Gasteiger partial charge in [-0.2, -0.15) is 0 Å². The first-order valence-electron chi connectivity index (χ1n) is 6.06. The van der Waals surface area contributed by atoms with Crippen LogP contribution in [0.3, 0.4) is 0 Å². The van der Waals surface area contributed by atoms with Crippen molar-refractivity contribution < 1.29 is 14.7 Å². The average molecular weight is 269 g/mol. The minimum absolute atomic E-state index is 0.111. The molecule has 5 heteroatoms. The molecule has 18 heavy (non-hydrogen) atoms. The molecule has 100 valence electrons. The summed E-state index contributed by atoms with van der Waals surface area (Å²) in [5.41, 5.74) is 1.20. The highest BCUT2D eigenvalue weighted by atomic mass is 32.1. The van der Waals surface area contributed by atoms with Crippen molar-refractivity contribution in [2.24, 2.45) is 5.92 Å². The van der Waals surface area contributed by atoms with E-state index in [0.717, 1.165) is 6.42 Å². The molecule has 0 aromatic carbocycles. The maximum absolute atomic E-state index is 11.8. The molecule has 0 saturated heterocycles. The zero-order valence-corrected chi connectivity index (χ0v) is 11.8. The molecule has 1 unspecified atom stereocenters. The van der Waals surface area contributed by atoms with E-state index in [1.165, 1.54) is 21.8 Å². The summed E-state index contributed by atoms with van der Waals surface area (Å²) in [6.45, 7) is 6.10. The van der Waals surface area contributed by atoms with Crippen LogP contribution in [0.25, 0.3) is 0 Å². The van der Waals surface area contributed by atoms with Crippen molar-refractivity contribution in [3.05, 3.63) is 21.4 Å². The Morgan fingerprint density at radius 2 is 2.17 bits per heavy atom. The largest absolute Gasteiger partial charge is 0.481 e. The Hall–Kier alpha value is -1.36. The lowest BCUT2D eigenvalue weighted by Crippen LogP contribution is -2.26. The lowest BCUT2D eigenvalue weighted by molar-refractivity contribution is -0.141. The fourth-order valence-corrected chi connectivity index (χ4v) is 2.63. The predicted molar refractivity (Wildman–Crippen MR) is 72.2 cm³/mol. The maximum Gasteiger partial charge on any atom is 0.306 e. The number of carbonyl (C=O) groups is 2. The summed E-state index contributed by atoms with van der Waals surface area (Å²) in [6.07, 6.45) is 1.37. The van der Waals surface area contributed by atoms with Crippen LogP contribution in [-0.2, 0) is 11.2 Å². The second-order valence-electron chi connectivity index (χ2n) is 4.33. The Morgan fingerprint density at radius 3 is 2.67 bits per heavy atom. The molecule has 0 radical (unpaired) electrons. The fourth-order valence-electron chi connectivity index (χ4n) is 1.60. The predicted octanol–water partition coefficient (Wildman–Crippen LogP) is 2.46. The highest BCUT2D eigenvalue weighted by Crippen LogP contribution is 2.21. The van der Waals surface area contributed by atoms with Crippen molar-refractivity contribution in [3.8, 4) is 0 Å². The van der Waals surface area contributed by atoms with E-state index in [2.05, 4.69) is 12.2 Å². The van der Waals surface area contributed by atoms with Crippen LogP contribution in [0.1, 0.15) is 40.4 Å². The Kier molecular flexibility index (Phi) is 5.34. The number of thiophene rings is 1. The first kappa shape index (κ1) is 14.7. The van der Waals surface area contributed by atoms with E-state index in [4.69, 9.17) is 5.11 Å². The molecule has 1 amide bonds. The number of carboxylic acid groups (broad SMARTS) is 1. The van der Waals surface area contributed by atoms with Crippen molar-refractivity contribution in [2.45, 2.75) is 33.6 Å². The van der Waals surface area contributed by atoms with Crippen molar-refractivity contribution in [3.63, 3.8) is 0 Å². The number of amides is 1. The van der Waals surface area contributed by atoms with E-state index in [1.807, 2.05) is 13.0 Å². The quantitative estimate of drug-likeness (QED) is 0.833. The fraction of sp³-hybridized carbons (Fsp3) is 0.538. The standard InChI is InChI=1S/C13H19NO3S/c1-4-10-7-11(18-9(10)3)12(15)14-6-5-8(2)13(16)17/h7-8H,4-6H2,1-3H3,(H,14,15)(H,16,17). The Morgan fingerprint density at radius 1 is 1.50 bits per heavy atom. The first-order valence-corrected chi connectivity index (χ1v) is 6.87. The van der Waals surface area contributed by atoms with Gasteiger partial charge in [-0.25, -0.2) is 0 Å². The van der Waals surface area contributed by atoms with Gasteiger partial charge in [0.2, 0.25) is 0 Å².